The number of anilines is 1. The molecule has 0 radical (unpaired) electrons. The van der Waals surface area contributed by atoms with E-state index in [2.05, 4.69) is 10.6 Å². The van der Waals surface area contributed by atoms with Gasteiger partial charge in [0.25, 0.3) is 5.91 Å². The van der Waals surface area contributed by atoms with Crippen molar-refractivity contribution in [2.24, 2.45) is 5.92 Å². The first kappa shape index (κ1) is 25.6. The molecule has 0 bridgehead atoms. The molecule has 0 saturated carbocycles. The Balaban J connectivity index is 1.83. The van der Waals surface area contributed by atoms with Gasteiger partial charge in [-0.2, -0.15) is 4.31 Å². The van der Waals surface area contributed by atoms with Crippen LogP contribution in [0.2, 0.25) is 0 Å². The van der Waals surface area contributed by atoms with E-state index in [4.69, 9.17) is 9.47 Å². The van der Waals surface area contributed by atoms with Gasteiger partial charge in [0.1, 0.15) is 22.5 Å². The third-order valence-electron chi connectivity index (χ3n) is 5.37. The van der Waals surface area contributed by atoms with Gasteiger partial charge < -0.3 is 20.1 Å². The molecule has 2 aromatic carbocycles. The Bertz CT molecular complexity index is 1150. The van der Waals surface area contributed by atoms with Gasteiger partial charge in [0, 0.05) is 18.8 Å². The Hall–Kier alpha value is -3.02. The number of morpholine rings is 1. The lowest BCUT2D eigenvalue weighted by atomic mass is 10.0. The van der Waals surface area contributed by atoms with E-state index in [1.807, 2.05) is 0 Å². The van der Waals surface area contributed by atoms with Gasteiger partial charge in [-0.25, -0.2) is 12.8 Å². The van der Waals surface area contributed by atoms with E-state index >= 15 is 0 Å². The molecule has 1 heterocycles. The summed E-state index contributed by atoms with van der Waals surface area (Å²) in [6, 6.07) is 8.75. The van der Waals surface area contributed by atoms with Crippen LogP contribution in [0.1, 0.15) is 24.2 Å². The first-order chi connectivity index (χ1) is 16.1. The second kappa shape index (κ2) is 10.9. The lowest BCUT2D eigenvalue weighted by molar-refractivity contribution is -0.118. The summed E-state index contributed by atoms with van der Waals surface area (Å²) < 4.78 is 52.1. The molecule has 9 nitrogen and oxygen atoms in total. The van der Waals surface area contributed by atoms with Crippen molar-refractivity contribution in [3.8, 4) is 5.75 Å². The zero-order chi connectivity index (χ0) is 24.9. The second-order valence-corrected chi connectivity index (χ2v) is 9.95. The van der Waals surface area contributed by atoms with Crippen molar-refractivity contribution in [2.45, 2.75) is 24.8 Å². The Labute approximate surface area is 198 Å². The Kier molecular flexibility index (Phi) is 8.24. The molecule has 2 aromatic rings. The molecule has 2 N–H and O–H groups in total. The largest absolute Gasteiger partial charge is 0.495 e. The summed E-state index contributed by atoms with van der Waals surface area (Å²) in [6.07, 6.45) is 0. The van der Waals surface area contributed by atoms with Gasteiger partial charge in [0.05, 0.1) is 25.9 Å². The molecule has 1 saturated heterocycles. The normalized spacial score (nSPS) is 15.6. The number of sulfonamides is 1. The zero-order valence-corrected chi connectivity index (χ0v) is 20.0. The van der Waals surface area contributed by atoms with Crippen LogP contribution >= 0.6 is 0 Å². The molecule has 34 heavy (non-hydrogen) atoms. The lowest BCUT2D eigenvalue weighted by Crippen LogP contribution is -2.47. The molecule has 0 aliphatic carbocycles. The minimum Gasteiger partial charge on any atom is -0.495 e. The van der Waals surface area contributed by atoms with Gasteiger partial charge in [-0.3, -0.25) is 9.59 Å². The van der Waals surface area contributed by atoms with Gasteiger partial charge >= 0.3 is 0 Å². The summed E-state index contributed by atoms with van der Waals surface area (Å²) in [7, 11) is -2.53. The van der Waals surface area contributed by atoms with Crippen LogP contribution in [0.5, 0.6) is 5.75 Å². The van der Waals surface area contributed by atoms with E-state index in [0.717, 1.165) is 6.07 Å². The highest BCUT2D eigenvalue weighted by molar-refractivity contribution is 7.89. The molecule has 1 atom stereocenters. The first-order valence-electron chi connectivity index (χ1n) is 10.8. The highest BCUT2D eigenvalue weighted by Gasteiger charge is 2.31. The van der Waals surface area contributed by atoms with Crippen molar-refractivity contribution >= 4 is 27.5 Å². The molecular formula is C23H28FN3O6S. The molecule has 2 amide bonds. The van der Waals surface area contributed by atoms with E-state index in [9.17, 15) is 22.4 Å². The number of amides is 2. The van der Waals surface area contributed by atoms with Crippen LogP contribution in [0.4, 0.5) is 10.1 Å². The summed E-state index contributed by atoms with van der Waals surface area (Å²) in [5, 5.41) is 5.21. The molecule has 1 aliphatic heterocycles. The zero-order valence-electron chi connectivity index (χ0n) is 19.2. The summed E-state index contributed by atoms with van der Waals surface area (Å²) in [4.78, 5) is 25.4. The molecule has 1 fully saturated rings. The van der Waals surface area contributed by atoms with Crippen LogP contribution in [0, 0.1) is 11.7 Å². The van der Waals surface area contributed by atoms with E-state index in [0.29, 0.717) is 0 Å². The maximum absolute atomic E-state index is 14.0. The fourth-order valence-electron chi connectivity index (χ4n) is 3.50. The van der Waals surface area contributed by atoms with Crippen molar-refractivity contribution < 1.29 is 31.9 Å². The number of hydrogen-bond donors (Lipinski definition) is 2. The van der Waals surface area contributed by atoms with Crippen molar-refractivity contribution in [2.75, 3.05) is 38.7 Å². The smallest absolute Gasteiger partial charge is 0.254 e. The van der Waals surface area contributed by atoms with Gasteiger partial charge in [0.15, 0.2) is 0 Å². The molecule has 0 aromatic heterocycles. The highest BCUT2D eigenvalue weighted by Crippen LogP contribution is 2.30. The summed E-state index contributed by atoms with van der Waals surface area (Å²) in [5.74, 6) is -2.18. The summed E-state index contributed by atoms with van der Waals surface area (Å²) in [5.41, 5.74) is 0.0349. The maximum atomic E-state index is 14.0. The molecular weight excluding hydrogens is 465 g/mol. The topological polar surface area (TPSA) is 114 Å². The number of methoxy groups -OCH3 is 1. The first-order valence-corrected chi connectivity index (χ1v) is 12.2. The third-order valence-corrected chi connectivity index (χ3v) is 7.29. The van der Waals surface area contributed by atoms with Crippen molar-refractivity contribution in [3.05, 3.63) is 53.8 Å². The monoisotopic (exact) mass is 493 g/mol. The quantitative estimate of drug-likeness (QED) is 0.583. The average Bonchev–Trinajstić information content (AvgIpc) is 2.82. The number of carbonyl (C=O) groups excluding carboxylic acids is 2. The van der Waals surface area contributed by atoms with Crippen molar-refractivity contribution in [3.63, 3.8) is 0 Å². The third kappa shape index (κ3) is 5.72. The van der Waals surface area contributed by atoms with Gasteiger partial charge in [-0.15, -0.1) is 0 Å². The van der Waals surface area contributed by atoms with Gasteiger partial charge in [-0.1, -0.05) is 26.0 Å². The number of nitrogens with one attached hydrogen (secondary N) is 2. The molecule has 1 aliphatic rings. The minimum absolute atomic E-state index is 0.0915. The van der Waals surface area contributed by atoms with Crippen molar-refractivity contribution in [1.82, 2.24) is 9.62 Å². The van der Waals surface area contributed by atoms with Gasteiger partial charge in [-0.05, 0) is 36.2 Å². The number of hydrogen-bond acceptors (Lipinski definition) is 6. The minimum atomic E-state index is -3.89. The Morgan fingerprint density at radius 1 is 1.12 bits per heavy atom. The van der Waals surface area contributed by atoms with E-state index < -0.39 is 33.7 Å². The number of halogens is 1. The van der Waals surface area contributed by atoms with Crippen LogP contribution in [0.3, 0.4) is 0 Å². The van der Waals surface area contributed by atoms with Crippen LogP contribution in [-0.2, 0) is 19.6 Å². The molecule has 3 rings (SSSR count). The fourth-order valence-corrected chi connectivity index (χ4v) is 5.09. The molecule has 184 valence electrons. The predicted molar refractivity (Wildman–Crippen MR) is 124 cm³/mol. The fraction of sp³-hybridized carbons (Fsp3) is 0.391. The second-order valence-electron chi connectivity index (χ2n) is 8.05. The van der Waals surface area contributed by atoms with Crippen molar-refractivity contribution in [1.29, 1.82) is 0 Å². The molecule has 0 spiro atoms. The van der Waals surface area contributed by atoms with Crippen LogP contribution in [0.25, 0.3) is 0 Å². The number of ether oxygens (including phenoxy) is 2. The standard InChI is InChI=1S/C23H28FN3O6S/c1-15(2)21(26-22(28)17-6-4-5-7-18(17)24)23(29)25-16-8-9-19(32-3)20(14-16)34(30,31)27-10-12-33-13-11-27/h4-9,14-15,21H,10-13H2,1-3H3,(H,25,29)(H,26,28). The summed E-state index contributed by atoms with van der Waals surface area (Å²) in [6.45, 7) is 4.45. The average molecular weight is 494 g/mol. The SMILES string of the molecule is COc1ccc(NC(=O)C(NC(=O)c2ccccc2F)C(C)C)cc1S(=O)(=O)N1CCOCC1. The Morgan fingerprint density at radius 2 is 1.79 bits per heavy atom. The summed E-state index contributed by atoms with van der Waals surface area (Å²) >= 11 is 0. The number of nitrogens with zero attached hydrogens (tertiary/aromatic N) is 1. The van der Waals surface area contributed by atoms with E-state index in [-0.39, 0.29) is 54.1 Å². The van der Waals surface area contributed by atoms with Crippen LogP contribution in [0.15, 0.2) is 47.4 Å². The highest BCUT2D eigenvalue weighted by atomic mass is 32.2. The lowest BCUT2D eigenvalue weighted by Gasteiger charge is -2.27. The maximum Gasteiger partial charge on any atom is 0.254 e. The van der Waals surface area contributed by atoms with Crippen LogP contribution in [-0.4, -0.2) is 64.0 Å². The van der Waals surface area contributed by atoms with E-state index in [1.54, 1.807) is 13.8 Å². The Morgan fingerprint density at radius 3 is 2.41 bits per heavy atom. The molecule has 1 unspecified atom stereocenters. The number of benzene rings is 2. The van der Waals surface area contributed by atoms with Crippen LogP contribution < -0.4 is 15.4 Å². The van der Waals surface area contributed by atoms with Gasteiger partial charge in [0.2, 0.25) is 15.9 Å². The van der Waals surface area contributed by atoms with E-state index in [1.165, 1.54) is 47.8 Å². The predicted octanol–water partition coefficient (Wildman–Crippen LogP) is 2.25. The molecule has 11 heteroatoms. The number of carbonyl (C=O) groups is 2. The number of rotatable bonds is 8.